The van der Waals surface area contributed by atoms with Gasteiger partial charge in [-0.15, -0.1) is 0 Å². The second kappa shape index (κ2) is 6.79. The lowest BCUT2D eigenvalue weighted by Gasteiger charge is -2.01. The minimum absolute atomic E-state index is 0.00276. The van der Waals surface area contributed by atoms with Crippen molar-refractivity contribution in [2.45, 2.75) is 0 Å². The summed E-state index contributed by atoms with van der Waals surface area (Å²) in [5.74, 6) is 0. The van der Waals surface area contributed by atoms with E-state index in [1.165, 1.54) is 36.4 Å². The molecular weight excluding hydrogens is 324 g/mol. The van der Waals surface area contributed by atoms with Crippen LogP contribution in [-0.4, -0.2) is 20.1 Å². The summed E-state index contributed by atoms with van der Waals surface area (Å²) in [5.41, 5.74) is -0.524. The van der Waals surface area contributed by atoms with Crippen LogP contribution in [0.5, 0.6) is 0 Å². The van der Waals surface area contributed by atoms with E-state index in [1.54, 1.807) is 0 Å². The van der Waals surface area contributed by atoms with Crippen molar-refractivity contribution in [3.05, 3.63) is 79.9 Å². The van der Waals surface area contributed by atoms with Gasteiger partial charge < -0.3 is 0 Å². The van der Waals surface area contributed by atoms with E-state index < -0.39 is 20.1 Å². The number of benzene rings is 2. The third-order valence-corrected chi connectivity index (χ3v) is 3.61. The van der Waals surface area contributed by atoms with Gasteiger partial charge in [-0.05, 0) is 23.9 Å². The average molecular weight is 332 g/mol. The maximum atomic E-state index is 12.0. The Labute approximate surface area is 133 Å². The zero-order valence-electron chi connectivity index (χ0n) is 11.4. The smallest absolute Gasteiger partial charge is 0.270 e. The van der Waals surface area contributed by atoms with E-state index in [0.717, 1.165) is 12.1 Å². The highest BCUT2D eigenvalue weighted by atomic mass is 32.2. The lowest BCUT2D eigenvalue weighted by Crippen LogP contribution is -2.02. The number of nitro groups is 2. The van der Waals surface area contributed by atoms with E-state index in [4.69, 9.17) is 0 Å². The van der Waals surface area contributed by atoms with Crippen LogP contribution in [0.15, 0.2) is 48.5 Å². The van der Waals surface area contributed by atoms with Crippen molar-refractivity contribution in [1.82, 2.24) is 0 Å². The Balaban J connectivity index is 2.18. The van der Waals surface area contributed by atoms with Crippen LogP contribution in [0.1, 0.15) is 20.7 Å². The Morgan fingerprint density at radius 1 is 0.783 bits per heavy atom. The van der Waals surface area contributed by atoms with Crippen molar-refractivity contribution in [2.24, 2.45) is 0 Å². The maximum absolute atomic E-state index is 12.0. The van der Waals surface area contributed by atoms with E-state index in [9.17, 15) is 29.8 Å². The van der Waals surface area contributed by atoms with Crippen molar-refractivity contribution in [2.75, 3.05) is 0 Å². The van der Waals surface area contributed by atoms with Gasteiger partial charge in [0.05, 0.1) is 9.85 Å². The number of non-ortho nitro benzene ring substituents is 2. The highest BCUT2D eigenvalue weighted by Crippen LogP contribution is 2.23. The molecule has 0 aliphatic heterocycles. The fourth-order valence-corrected chi connectivity index (χ4v) is 2.35. The molecule has 9 heteroatoms. The molecule has 0 aliphatic rings. The standard InChI is InChI=1S/C14H8N2O6S/c17-13(9-3-1-5-11(7-9)15(19)20)23-14(18)10-4-2-6-12(8-10)16(21)22/h1-8H. The van der Waals surface area contributed by atoms with Crippen molar-refractivity contribution >= 4 is 33.4 Å². The molecule has 0 unspecified atom stereocenters. The predicted octanol–water partition coefficient (Wildman–Crippen LogP) is 3.22. The van der Waals surface area contributed by atoms with Crippen molar-refractivity contribution in [1.29, 1.82) is 0 Å². The zero-order chi connectivity index (χ0) is 17.0. The average Bonchev–Trinajstić information content (AvgIpc) is 2.54. The number of carbonyl (C=O) groups is 2. The number of carbonyl (C=O) groups excluding carboxylic acids is 2. The summed E-state index contributed by atoms with van der Waals surface area (Å²) in [6.07, 6.45) is 0. The molecule has 0 spiro atoms. The predicted molar refractivity (Wildman–Crippen MR) is 82.4 cm³/mol. The first-order valence-corrected chi connectivity index (χ1v) is 6.95. The largest absolute Gasteiger partial charge is 0.281 e. The van der Waals surface area contributed by atoms with Gasteiger partial charge in [0.1, 0.15) is 0 Å². The minimum Gasteiger partial charge on any atom is -0.281 e. The van der Waals surface area contributed by atoms with E-state index in [1.807, 2.05) is 0 Å². The van der Waals surface area contributed by atoms with Gasteiger partial charge in [-0.3, -0.25) is 29.8 Å². The molecule has 2 rings (SSSR count). The molecule has 8 nitrogen and oxygen atoms in total. The van der Waals surface area contributed by atoms with E-state index >= 15 is 0 Å². The monoisotopic (exact) mass is 332 g/mol. The Hall–Kier alpha value is -3.07. The van der Waals surface area contributed by atoms with Crippen molar-refractivity contribution < 1.29 is 19.4 Å². The normalized spacial score (nSPS) is 10.1. The SMILES string of the molecule is O=C(SC(=O)c1cccc([N+](=O)[O-])c1)c1cccc([N+](=O)[O-])c1. The number of hydrogen-bond donors (Lipinski definition) is 0. The van der Waals surface area contributed by atoms with Crippen molar-refractivity contribution in [3.8, 4) is 0 Å². The topological polar surface area (TPSA) is 120 Å². The van der Waals surface area contributed by atoms with Gasteiger partial charge in [-0.2, -0.15) is 0 Å². The quantitative estimate of drug-likeness (QED) is 0.622. The Kier molecular flexibility index (Phi) is 4.82. The third-order valence-electron chi connectivity index (χ3n) is 2.77. The molecule has 23 heavy (non-hydrogen) atoms. The highest BCUT2D eigenvalue weighted by molar-refractivity contribution is 8.26. The van der Waals surface area contributed by atoms with Gasteiger partial charge in [-0.1, -0.05) is 12.1 Å². The lowest BCUT2D eigenvalue weighted by molar-refractivity contribution is -0.385. The number of hydrogen-bond acceptors (Lipinski definition) is 7. The summed E-state index contributed by atoms with van der Waals surface area (Å²) in [6, 6.07) is 9.96. The number of thioether (sulfide) groups is 1. The first-order chi connectivity index (χ1) is 10.9. The van der Waals surface area contributed by atoms with Gasteiger partial charge in [0, 0.05) is 35.4 Å². The Morgan fingerprint density at radius 2 is 1.17 bits per heavy atom. The fourth-order valence-electron chi connectivity index (χ4n) is 1.69. The van der Waals surface area contributed by atoms with Gasteiger partial charge in [0.15, 0.2) is 0 Å². The van der Waals surface area contributed by atoms with Gasteiger partial charge in [0.2, 0.25) is 10.2 Å². The lowest BCUT2D eigenvalue weighted by atomic mass is 10.2. The van der Waals surface area contributed by atoms with Crippen LogP contribution >= 0.6 is 11.8 Å². The maximum Gasteiger partial charge on any atom is 0.270 e. The second-order valence-electron chi connectivity index (χ2n) is 4.29. The van der Waals surface area contributed by atoms with Gasteiger partial charge in [-0.25, -0.2) is 0 Å². The summed E-state index contributed by atoms with van der Waals surface area (Å²) in [5, 5.41) is 20.0. The minimum atomic E-state index is -0.676. The van der Waals surface area contributed by atoms with Crippen LogP contribution in [-0.2, 0) is 0 Å². The summed E-state index contributed by atoms with van der Waals surface area (Å²) < 4.78 is 0. The summed E-state index contributed by atoms with van der Waals surface area (Å²) in [6.45, 7) is 0. The van der Waals surface area contributed by atoms with Gasteiger partial charge in [0.25, 0.3) is 11.4 Å². The first kappa shape index (κ1) is 16.3. The molecule has 0 heterocycles. The summed E-state index contributed by atoms with van der Waals surface area (Å²) in [7, 11) is 0. The molecule has 0 aromatic heterocycles. The van der Waals surface area contributed by atoms with Crippen LogP contribution in [0, 0.1) is 20.2 Å². The first-order valence-electron chi connectivity index (χ1n) is 6.14. The summed E-state index contributed by atoms with van der Waals surface area (Å²) >= 11 is 0.324. The van der Waals surface area contributed by atoms with E-state index in [2.05, 4.69) is 0 Å². The van der Waals surface area contributed by atoms with Crippen LogP contribution in [0.25, 0.3) is 0 Å². The Morgan fingerprint density at radius 3 is 1.52 bits per heavy atom. The molecule has 0 aliphatic carbocycles. The third kappa shape index (κ3) is 3.98. The van der Waals surface area contributed by atoms with E-state index in [-0.39, 0.29) is 22.5 Å². The molecule has 2 aromatic rings. The highest BCUT2D eigenvalue weighted by Gasteiger charge is 2.18. The molecule has 0 atom stereocenters. The molecule has 0 saturated carbocycles. The molecular formula is C14H8N2O6S. The second-order valence-corrected chi connectivity index (χ2v) is 5.24. The molecule has 0 fully saturated rings. The summed E-state index contributed by atoms with van der Waals surface area (Å²) in [4.78, 5) is 44.1. The van der Waals surface area contributed by atoms with Crippen LogP contribution < -0.4 is 0 Å². The zero-order valence-corrected chi connectivity index (χ0v) is 12.2. The van der Waals surface area contributed by atoms with Crippen LogP contribution in [0.3, 0.4) is 0 Å². The number of rotatable bonds is 4. The Bertz CT molecular complexity index is 753. The molecule has 0 radical (unpaired) electrons. The molecule has 0 bridgehead atoms. The fraction of sp³-hybridized carbons (Fsp3) is 0. The van der Waals surface area contributed by atoms with Gasteiger partial charge >= 0.3 is 0 Å². The van der Waals surface area contributed by atoms with Crippen LogP contribution in [0.2, 0.25) is 0 Å². The van der Waals surface area contributed by atoms with Crippen molar-refractivity contribution in [3.63, 3.8) is 0 Å². The molecule has 116 valence electrons. The van der Waals surface area contributed by atoms with Crippen LogP contribution in [0.4, 0.5) is 11.4 Å². The molecule has 0 N–H and O–H groups in total. The van der Waals surface area contributed by atoms with E-state index in [0.29, 0.717) is 11.8 Å². The molecule has 0 amide bonds. The number of nitro benzene ring substituents is 2. The molecule has 2 aromatic carbocycles. The molecule has 0 saturated heterocycles. The number of nitrogens with zero attached hydrogens (tertiary/aromatic N) is 2.